The van der Waals surface area contributed by atoms with Crippen LogP contribution in [0, 0.1) is 0 Å². The van der Waals surface area contributed by atoms with Crippen molar-refractivity contribution < 1.29 is 5.11 Å². The van der Waals surface area contributed by atoms with Crippen molar-refractivity contribution in [3.05, 3.63) is 29.8 Å². The molecule has 2 rings (SSSR count). The van der Waals surface area contributed by atoms with Crippen molar-refractivity contribution in [1.29, 1.82) is 0 Å². The second-order valence-electron chi connectivity index (χ2n) is 2.88. The summed E-state index contributed by atoms with van der Waals surface area (Å²) < 4.78 is 0.852. The lowest BCUT2D eigenvalue weighted by Crippen LogP contribution is -2.00. The van der Waals surface area contributed by atoms with Gasteiger partial charge in [-0.3, -0.25) is 0 Å². The highest BCUT2D eigenvalue weighted by atomic mass is 35.5. The summed E-state index contributed by atoms with van der Waals surface area (Å²) in [6.45, 7) is 0.497. The lowest BCUT2D eigenvalue weighted by atomic mass is 10.2. The van der Waals surface area contributed by atoms with Crippen LogP contribution in [0.25, 0.3) is 0 Å². The van der Waals surface area contributed by atoms with Gasteiger partial charge in [-0.1, -0.05) is 26.6 Å². The zero-order valence-corrected chi connectivity index (χ0v) is 8.39. The fraction of sp³-hybridized carbons (Fsp3) is 0.125. The Labute approximate surface area is 90.6 Å². The molecule has 2 N–H and O–H groups in total. The quantitative estimate of drug-likeness (QED) is 0.815. The van der Waals surface area contributed by atoms with Gasteiger partial charge in [0.25, 0.3) is 5.95 Å². The van der Waals surface area contributed by atoms with E-state index in [1.807, 2.05) is 6.07 Å². The van der Waals surface area contributed by atoms with Gasteiger partial charge in [0.05, 0.1) is 11.8 Å². The van der Waals surface area contributed by atoms with Gasteiger partial charge in [0.2, 0.25) is 0 Å². The van der Waals surface area contributed by atoms with Crippen LogP contribution in [0.5, 0.6) is 5.75 Å². The first-order valence-electron chi connectivity index (χ1n) is 4.22. The standard InChI is InChI=1S/C8H8ClN5O/c9-14-12-8(11-13-14)10-5-6-2-1-3-7(15)4-6/h1-4,15H,5H2,(H,10,12). The van der Waals surface area contributed by atoms with E-state index in [9.17, 15) is 5.11 Å². The topological polar surface area (TPSA) is 75.9 Å². The van der Waals surface area contributed by atoms with Crippen molar-refractivity contribution in [2.45, 2.75) is 6.54 Å². The lowest BCUT2D eigenvalue weighted by molar-refractivity contribution is 0.474. The second kappa shape index (κ2) is 4.14. The van der Waals surface area contributed by atoms with E-state index in [4.69, 9.17) is 11.8 Å². The van der Waals surface area contributed by atoms with E-state index in [1.54, 1.807) is 18.2 Å². The summed E-state index contributed by atoms with van der Waals surface area (Å²) in [4.78, 5) is 0. The number of benzene rings is 1. The molecule has 0 radical (unpaired) electrons. The van der Waals surface area contributed by atoms with Gasteiger partial charge in [-0.15, -0.1) is 0 Å². The summed E-state index contributed by atoms with van der Waals surface area (Å²) in [5.41, 5.74) is 0.918. The predicted molar refractivity (Wildman–Crippen MR) is 54.5 cm³/mol. The molecule has 78 valence electrons. The second-order valence-corrected chi connectivity index (χ2v) is 3.18. The summed E-state index contributed by atoms with van der Waals surface area (Å²) in [6, 6.07) is 6.89. The molecule has 0 unspecified atom stereocenters. The molecule has 0 bridgehead atoms. The highest BCUT2D eigenvalue weighted by Gasteiger charge is 2.00. The molecule has 0 aliphatic heterocycles. The number of phenols is 1. The predicted octanol–water partition coefficient (Wildman–Crippen LogP) is 0.993. The SMILES string of the molecule is Oc1cccc(CNc2nnn(Cl)n2)c1. The molecular weight excluding hydrogens is 218 g/mol. The Bertz CT molecular complexity index is 458. The Morgan fingerprint density at radius 3 is 3.00 bits per heavy atom. The first-order valence-corrected chi connectivity index (χ1v) is 4.56. The maximum Gasteiger partial charge on any atom is 0.265 e. The number of rotatable bonds is 3. The normalized spacial score (nSPS) is 10.2. The number of hydrogen-bond donors (Lipinski definition) is 2. The summed E-state index contributed by atoms with van der Waals surface area (Å²) in [6.07, 6.45) is 0. The van der Waals surface area contributed by atoms with Gasteiger partial charge in [0, 0.05) is 6.54 Å². The smallest absolute Gasteiger partial charge is 0.265 e. The zero-order chi connectivity index (χ0) is 10.7. The third kappa shape index (κ3) is 2.57. The molecule has 2 aromatic rings. The van der Waals surface area contributed by atoms with Crippen molar-refractivity contribution >= 4 is 17.7 Å². The maximum atomic E-state index is 9.22. The van der Waals surface area contributed by atoms with Gasteiger partial charge >= 0.3 is 0 Å². The third-order valence-corrected chi connectivity index (χ3v) is 1.89. The van der Waals surface area contributed by atoms with E-state index >= 15 is 0 Å². The van der Waals surface area contributed by atoms with Crippen LogP contribution in [-0.4, -0.2) is 24.8 Å². The molecule has 7 heteroatoms. The number of hydrogen-bond acceptors (Lipinski definition) is 5. The summed E-state index contributed by atoms with van der Waals surface area (Å²) in [5.74, 6) is 0.566. The maximum absolute atomic E-state index is 9.22. The Morgan fingerprint density at radius 1 is 1.47 bits per heavy atom. The molecule has 1 aromatic carbocycles. The number of halogens is 1. The molecule has 0 saturated carbocycles. The molecule has 15 heavy (non-hydrogen) atoms. The number of aromatic hydroxyl groups is 1. The highest BCUT2D eigenvalue weighted by molar-refractivity contribution is 6.13. The van der Waals surface area contributed by atoms with Gasteiger partial charge in [-0.25, -0.2) is 0 Å². The monoisotopic (exact) mass is 225 g/mol. The van der Waals surface area contributed by atoms with E-state index in [1.165, 1.54) is 0 Å². The number of nitrogens with one attached hydrogen (secondary N) is 1. The molecule has 0 saturated heterocycles. The third-order valence-electron chi connectivity index (χ3n) is 1.75. The van der Waals surface area contributed by atoms with Gasteiger partial charge < -0.3 is 10.4 Å². The van der Waals surface area contributed by atoms with Crippen LogP contribution in [-0.2, 0) is 6.54 Å². The summed E-state index contributed by atoms with van der Waals surface area (Å²) in [5, 5.41) is 23.0. The molecule has 0 aliphatic carbocycles. The van der Waals surface area contributed by atoms with Crippen molar-refractivity contribution in [3.63, 3.8) is 0 Å². The number of anilines is 1. The molecule has 0 aliphatic rings. The van der Waals surface area contributed by atoms with Crippen molar-refractivity contribution in [3.8, 4) is 5.75 Å². The first kappa shape index (κ1) is 9.72. The largest absolute Gasteiger partial charge is 0.508 e. The average Bonchev–Trinajstić information content (AvgIpc) is 2.62. The van der Waals surface area contributed by atoms with Crippen molar-refractivity contribution in [1.82, 2.24) is 19.7 Å². The Morgan fingerprint density at radius 2 is 2.33 bits per heavy atom. The molecule has 1 aromatic heterocycles. The van der Waals surface area contributed by atoms with Crippen LogP contribution >= 0.6 is 11.8 Å². The summed E-state index contributed by atoms with van der Waals surface area (Å²) >= 11 is 5.42. The van der Waals surface area contributed by atoms with Crippen LogP contribution in [0.1, 0.15) is 5.56 Å². The Hall–Kier alpha value is -1.82. The van der Waals surface area contributed by atoms with Crippen LogP contribution in [0.2, 0.25) is 0 Å². The van der Waals surface area contributed by atoms with E-state index in [2.05, 4.69) is 20.7 Å². The van der Waals surface area contributed by atoms with Crippen LogP contribution in [0.15, 0.2) is 24.3 Å². The lowest BCUT2D eigenvalue weighted by Gasteiger charge is -2.01. The van der Waals surface area contributed by atoms with Gasteiger partial charge in [-0.05, 0) is 22.9 Å². The van der Waals surface area contributed by atoms with Crippen molar-refractivity contribution in [2.75, 3.05) is 5.32 Å². The minimum Gasteiger partial charge on any atom is -0.508 e. The first-order chi connectivity index (χ1) is 7.24. The average molecular weight is 226 g/mol. The molecule has 0 fully saturated rings. The van der Waals surface area contributed by atoms with E-state index in [0.29, 0.717) is 12.5 Å². The van der Waals surface area contributed by atoms with Crippen molar-refractivity contribution in [2.24, 2.45) is 0 Å². The van der Waals surface area contributed by atoms with Gasteiger partial charge in [0.1, 0.15) is 5.75 Å². The van der Waals surface area contributed by atoms with Gasteiger partial charge in [-0.2, -0.15) is 0 Å². The van der Waals surface area contributed by atoms with Gasteiger partial charge in [0.15, 0.2) is 0 Å². The Kier molecular flexibility index (Phi) is 2.68. The zero-order valence-electron chi connectivity index (χ0n) is 7.63. The van der Waals surface area contributed by atoms with E-state index < -0.39 is 0 Å². The summed E-state index contributed by atoms with van der Waals surface area (Å²) in [7, 11) is 0. The van der Waals surface area contributed by atoms with Crippen LogP contribution in [0.4, 0.5) is 5.95 Å². The molecule has 1 heterocycles. The molecule has 0 spiro atoms. The van der Waals surface area contributed by atoms with Crippen LogP contribution in [0.3, 0.4) is 0 Å². The number of tetrazole rings is 1. The fourth-order valence-electron chi connectivity index (χ4n) is 1.12. The number of nitrogens with zero attached hydrogens (tertiary/aromatic N) is 4. The number of aromatic nitrogens is 4. The molecule has 0 atom stereocenters. The molecular formula is C8H8ClN5O. The van der Waals surface area contributed by atoms with E-state index in [0.717, 1.165) is 9.88 Å². The minimum absolute atomic E-state index is 0.225. The molecule has 0 amide bonds. The fourth-order valence-corrected chi connectivity index (χ4v) is 1.22. The minimum atomic E-state index is 0.225. The molecule has 6 nitrogen and oxygen atoms in total. The Balaban J connectivity index is 1.99. The van der Waals surface area contributed by atoms with Crippen LogP contribution < -0.4 is 5.32 Å². The number of phenolic OH excluding ortho intramolecular Hbond substituents is 1. The highest BCUT2D eigenvalue weighted by Crippen LogP contribution is 2.11. The van der Waals surface area contributed by atoms with E-state index in [-0.39, 0.29) is 5.75 Å².